The molecule has 0 radical (unpaired) electrons. The van der Waals surface area contributed by atoms with Gasteiger partial charge in [0.1, 0.15) is 6.33 Å². The minimum atomic E-state index is 0.459. The fourth-order valence-electron chi connectivity index (χ4n) is 1.48. The monoisotopic (exact) mass is 263 g/mol. The average molecular weight is 264 g/mol. The van der Waals surface area contributed by atoms with E-state index in [9.17, 15) is 0 Å². The van der Waals surface area contributed by atoms with Crippen molar-refractivity contribution in [2.45, 2.75) is 13.3 Å². The van der Waals surface area contributed by atoms with E-state index in [0.29, 0.717) is 16.9 Å². The molecule has 0 amide bonds. The van der Waals surface area contributed by atoms with E-state index in [2.05, 4.69) is 32.5 Å². The van der Waals surface area contributed by atoms with Crippen molar-refractivity contribution in [3.63, 3.8) is 0 Å². The number of rotatable bonds is 4. The molecule has 2 aromatic rings. The fourth-order valence-corrected chi connectivity index (χ4v) is 1.73. The van der Waals surface area contributed by atoms with Gasteiger partial charge < -0.3 is 10.6 Å². The molecule has 1 aromatic heterocycles. The smallest absolute Gasteiger partial charge is 0.232 e. The Bertz CT molecular complexity index is 544. The van der Waals surface area contributed by atoms with Gasteiger partial charge in [-0.2, -0.15) is 4.98 Å². The van der Waals surface area contributed by atoms with Gasteiger partial charge in [-0.1, -0.05) is 24.6 Å². The summed E-state index contributed by atoms with van der Waals surface area (Å²) in [5.74, 6) is 0.967. The molecule has 0 aliphatic carbocycles. The molecule has 0 atom stereocenters. The Morgan fingerprint density at radius 3 is 2.67 bits per heavy atom. The summed E-state index contributed by atoms with van der Waals surface area (Å²) in [4.78, 5) is 12.1. The zero-order valence-electron chi connectivity index (χ0n) is 10.2. The summed E-state index contributed by atoms with van der Waals surface area (Å²) in [7, 11) is 1.75. The van der Waals surface area contributed by atoms with E-state index in [0.717, 1.165) is 12.1 Å². The van der Waals surface area contributed by atoms with Gasteiger partial charge in [-0.15, -0.1) is 0 Å². The molecule has 2 N–H and O–H groups in total. The Kier molecular flexibility index (Phi) is 3.94. The molecule has 0 spiro atoms. The molecule has 0 saturated heterocycles. The molecule has 2 rings (SSSR count). The Balaban J connectivity index is 2.22. The zero-order valence-corrected chi connectivity index (χ0v) is 11.0. The number of nitrogens with zero attached hydrogens (tertiary/aromatic N) is 3. The van der Waals surface area contributed by atoms with Crippen LogP contribution in [0.1, 0.15) is 12.5 Å². The second-order valence-corrected chi connectivity index (χ2v) is 4.08. The third-order valence-corrected chi connectivity index (χ3v) is 2.80. The van der Waals surface area contributed by atoms with Gasteiger partial charge >= 0.3 is 0 Å². The molecule has 5 nitrogen and oxygen atoms in total. The number of aromatic nitrogens is 3. The van der Waals surface area contributed by atoms with Crippen molar-refractivity contribution >= 4 is 29.2 Å². The first-order valence-corrected chi connectivity index (χ1v) is 6.03. The van der Waals surface area contributed by atoms with Crippen LogP contribution < -0.4 is 10.6 Å². The predicted molar refractivity (Wildman–Crippen MR) is 73.5 cm³/mol. The van der Waals surface area contributed by atoms with Gasteiger partial charge in [-0.05, 0) is 24.1 Å². The molecule has 94 valence electrons. The molecule has 0 bridgehead atoms. The van der Waals surface area contributed by atoms with Crippen molar-refractivity contribution in [1.29, 1.82) is 0 Å². The highest BCUT2D eigenvalue weighted by molar-refractivity contribution is 6.33. The molecule has 18 heavy (non-hydrogen) atoms. The maximum absolute atomic E-state index is 6.18. The van der Waals surface area contributed by atoms with Crippen LogP contribution >= 0.6 is 11.6 Å². The van der Waals surface area contributed by atoms with Gasteiger partial charge in [0.25, 0.3) is 0 Å². The standard InChI is InChI=1S/C12H14ClN5/c1-3-8-4-5-10(9(13)6-8)17-12-16-7-15-11(14-2)18-12/h4-7H,3H2,1-2H3,(H2,14,15,16,17,18). The van der Waals surface area contributed by atoms with Crippen LogP contribution in [0.5, 0.6) is 0 Å². The highest BCUT2D eigenvalue weighted by Crippen LogP contribution is 2.25. The van der Waals surface area contributed by atoms with Crippen LogP contribution in [0.15, 0.2) is 24.5 Å². The van der Waals surface area contributed by atoms with Crippen molar-refractivity contribution in [2.75, 3.05) is 17.7 Å². The molecule has 0 unspecified atom stereocenters. The summed E-state index contributed by atoms with van der Waals surface area (Å²) in [6.07, 6.45) is 2.39. The van der Waals surface area contributed by atoms with Gasteiger partial charge in [-0.3, -0.25) is 0 Å². The quantitative estimate of drug-likeness (QED) is 0.888. The SMILES string of the molecule is CCc1ccc(Nc2ncnc(NC)n2)c(Cl)c1. The molecule has 0 saturated carbocycles. The molecule has 0 aliphatic rings. The summed E-state index contributed by atoms with van der Waals surface area (Å²) in [6.45, 7) is 2.09. The Morgan fingerprint density at radius 2 is 2.00 bits per heavy atom. The first-order valence-electron chi connectivity index (χ1n) is 5.65. The highest BCUT2D eigenvalue weighted by Gasteiger charge is 2.04. The van der Waals surface area contributed by atoms with Crippen molar-refractivity contribution in [3.05, 3.63) is 35.1 Å². The van der Waals surface area contributed by atoms with Crippen LogP contribution in [-0.4, -0.2) is 22.0 Å². The maximum Gasteiger partial charge on any atom is 0.232 e. The second-order valence-electron chi connectivity index (χ2n) is 3.68. The van der Waals surface area contributed by atoms with Crippen LogP contribution in [0, 0.1) is 0 Å². The number of nitrogens with one attached hydrogen (secondary N) is 2. The first-order chi connectivity index (χ1) is 8.72. The largest absolute Gasteiger partial charge is 0.357 e. The van der Waals surface area contributed by atoms with Crippen LogP contribution in [0.2, 0.25) is 5.02 Å². The van der Waals surface area contributed by atoms with Crippen molar-refractivity contribution in [3.8, 4) is 0 Å². The summed E-state index contributed by atoms with van der Waals surface area (Å²) in [5.41, 5.74) is 1.97. The maximum atomic E-state index is 6.18. The van der Waals surface area contributed by atoms with E-state index in [1.807, 2.05) is 18.2 Å². The number of halogens is 1. The third kappa shape index (κ3) is 2.87. The Labute approximate surface area is 111 Å². The lowest BCUT2D eigenvalue weighted by molar-refractivity contribution is 1.05. The minimum absolute atomic E-state index is 0.459. The number of hydrogen-bond acceptors (Lipinski definition) is 5. The number of hydrogen-bond donors (Lipinski definition) is 2. The molecule has 0 aliphatic heterocycles. The minimum Gasteiger partial charge on any atom is -0.357 e. The van der Waals surface area contributed by atoms with E-state index in [1.54, 1.807) is 7.05 Å². The van der Waals surface area contributed by atoms with Crippen LogP contribution in [-0.2, 0) is 6.42 Å². The van der Waals surface area contributed by atoms with E-state index in [1.165, 1.54) is 11.9 Å². The zero-order chi connectivity index (χ0) is 13.0. The van der Waals surface area contributed by atoms with Crippen LogP contribution in [0.3, 0.4) is 0 Å². The van der Waals surface area contributed by atoms with E-state index < -0.39 is 0 Å². The van der Waals surface area contributed by atoms with Gasteiger partial charge in [0.2, 0.25) is 11.9 Å². The van der Waals surface area contributed by atoms with Crippen molar-refractivity contribution < 1.29 is 0 Å². The van der Waals surface area contributed by atoms with Crippen molar-refractivity contribution in [1.82, 2.24) is 15.0 Å². The first kappa shape index (κ1) is 12.6. The van der Waals surface area contributed by atoms with Gasteiger partial charge in [0.05, 0.1) is 10.7 Å². The Morgan fingerprint density at radius 1 is 1.22 bits per heavy atom. The highest BCUT2D eigenvalue weighted by atomic mass is 35.5. The van der Waals surface area contributed by atoms with Gasteiger partial charge in [-0.25, -0.2) is 9.97 Å². The second kappa shape index (κ2) is 5.64. The lowest BCUT2D eigenvalue weighted by atomic mass is 10.1. The lowest BCUT2D eigenvalue weighted by Crippen LogP contribution is -2.02. The molecule has 1 heterocycles. The molecule has 1 aromatic carbocycles. The van der Waals surface area contributed by atoms with E-state index >= 15 is 0 Å². The molecular weight excluding hydrogens is 250 g/mol. The molecule has 0 fully saturated rings. The summed E-state index contributed by atoms with van der Waals surface area (Å²) in [6, 6.07) is 5.88. The van der Waals surface area contributed by atoms with E-state index in [4.69, 9.17) is 11.6 Å². The van der Waals surface area contributed by atoms with Crippen LogP contribution in [0.25, 0.3) is 0 Å². The lowest BCUT2D eigenvalue weighted by Gasteiger charge is -2.08. The predicted octanol–water partition coefficient (Wildman–Crippen LogP) is 2.87. The fraction of sp³-hybridized carbons (Fsp3) is 0.250. The molecular formula is C12H14ClN5. The normalized spacial score (nSPS) is 10.2. The third-order valence-electron chi connectivity index (χ3n) is 2.48. The van der Waals surface area contributed by atoms with Crippen LogP contribution in [0.4, 0.5) is 17.6 Å². The van der Waals surface area contributed by atoms with Gasteiger partial charge in [0.15, 0.2) is 0 Å². The number of benzene rings is 1. The summed E-state index contributed by atoms with van der Waals surface area (Å²) in [5, 5.41) is 6.57. The summed E-state index contributed by atoms with van der Waals surface area (Å²) < 4.78 is 0. The van der Waals surface area contributed by atoms with Gasteiger partial charge in [0, 0.05) is 7.05 Å². The average Bonchev–Trinajstić information content (AvgIpc) is 2.41. The van der Waals surface area contributed by atoms with Crippen molar-refractivity contribution in [2.24, 2.45) is 0 Å². The number of anilines is 3. The van der Waals surface area contributed by atoms with E-state index in [-0.39, 0.29) is 0 Å². The Hall–Kier alpha value is -1.88. The molecule has 6 heteroatoms. The number of aryl methyl sites for hydroxylation is 1. The topological polar surface area (TPSA) is 62.7 Å². The summed E-state index contributed by atoms with van der Waals surface area (Å²) >= 11 is 6.18.